The molecule has 0 N–H and O–H groups in total. The van der Waals surface area contributed by atoms with Crippen molar-refractivity contribution in [2.24, 2.45) is 0 Å². The van der Waals surface area contributed by atoms with E-state index in [1.807, 2.05) is 36.4 Å². The van der Waals surface area contributed by atoms with E-state index in [0.29, 0.717) is 23.6 Å². The smallest absolute Gasteiger partial charge is 0.335 e. The summed E-state index contributed by atoms with van der Waals surface area (Å²) in [6, 6.07) is 9.47. The second kappa shape index (κ2) is 8.54. The molecular weight excluding hydrogens is 260 g/mol. The van der Waals surface area contributed by atoms with E-state index >= 15 is 0 Å². The molecular formula is C16H19ClO2. The summed E-state index contributed by atoms with van der Waals surface area (Å²) in [5.41, 5.74) is 1.38. The molecule has 0 fully saturated rings. The van der Waals surface area contributed by atoms with E-state index in [0.717, 1.165) is 18.4 Å². The molecule has 0 aromatic heterocycles. The average molecular weight is 279 g/mol. The lowest BCUT2D eigenvalue weighted by molar-refractivity contribution is -0.138. The van der Waals surface area contributed by atoms with E-state index in [4.69, 9.17) is 16.3 Å². The molecule has 1 aromatic rings. The van der Waals surface area contributed by atoms with Crippen molar-refractivity contribution in [1.82, 2.24) is 0 Å². The van der Waals surface area contributed by atoms with Gasteiger partial charge < -0.3 is 4.74 Å². The van der Waals surface area contributed by atoms with Crippen LogP contribution in [0.4, 0.5) is 0 Å². The predicted molar refractivity (Wildman–Crippen MR) is 79.9 cm³/mol. The van der Waals surface area contributed by atoms with E-state index in [1.165, 1.54) is 0 Å². The fourth-order valence-electron chi connectivity index (χ4n) is 1.70. The second-order valence-electron chi connectivity index (χ2n) is 4.06. The minimum absolute atomic E-state index is 0.333. The topological polar surface area (TPSA) is 26.3 Å². The number of esters is 1. The fraction of sp³-hybridized carbons (Fsp3) is 0.312. The summed E-state index contributed by atoms with van der Waals surface area (Å²) in [5, 5.41) is 0.475. The minimum Gasteiger partial charge on any atom is -0.463 e. The largest absolute Gasteiger partial charge is 0.463 e. The van der Waals surface area contributed by atoms with Crippen LogP contribution in [0.15, 0.2) is 48.6 Å². The van der Waals surface area contributed by atoms with Crippen LogP contribution in [0.1, 0.15) is 31.7 Å². The number of hydrogen-bond acceptors (Lipinski definition) is 2. The van der Waals surface area contributed by atoms with Crippen molar-refractivity contribution in [3.05, 3.63) is 54.1 Å². The van der Waals surface area contributed by atoms with Crippen LogP contribution in [0.3, 0.4) is 0 Å². The highest BCUT2D eigenvalue weighted by molar-refractivity contribution is 6.50. The molecule has 1 aromatic carbocycles. The Bertz CT molecular complexity index is 449. The number of unbranched alkanes of at least 4 members (excludes halogenated alkanes) is 1. The molecule has 19 heavy (non-hydrogen) atoms. The van der Waals surface area contributed by atoms with Gasteiger partial charge in [0.15, 0.2) is 0 Å². The third-order valence-corrected chi connectivity index (χ3v) is 3.10. The average Bonchev–Trinajstić information content (AvgIpc) is 2.44. The SMILES string of the molecule is C=CCCC/C(C(=O)OCC)=C(/Cl)c1ccccc1. The van der Waals surface area contributed by atoms with Gasteiger partial charge in [0.25, 0.3) is 0 Å². The van der Waals surface area contributed by atoms with Crippen molar-refractivity contribution in [2.45, 2.75) is 26.2 Å². The lowest BCUT2D eigenvalue weighted by Gasteiger charge is -2.10. The van der Waals surface area contributed by atoms with Crippen LogP contribution in [0, 0.1) is 0 Å². The highest BCUT2D eigenvalue weighted by atomic mass is 35.5. The molecule has 2 nitrogen and oxygen atoms in total. The Morgan fingerprint density at radius 1 is 1.37 bits per heavy atom. The van der Waals surface area contributed by atoms with Gasteiger partial charge in [-0.2, -0.15) is 0 Å². The molecule has 1 rings (SSSR count). The van der Waals surface area contributed by atoms with Crippen molar-refractivity contribution in [2.75, 3.05) is 6.61 Å². The number of allylic oxidation sites excluding steroid dienone is 1. The summed E-state index contributed by atoms with van der Waals surface area (Å²) in [4.78, 5) is 12.0. The number of ether oxygens (including phenoxy) is 1. The molecule has 0 saturated carbocycles. The second-order valence-corrected chi connectivity index (χ2v) is 4.44. The van der Waals surface area contributed by atoms with E-state index in [9.17, 15) is 4.79 Å². The fourth-order valence-corrected chi connectivity index (χ4v) is 2.00. The Morgan fingerprint density at radius 3 is 2.63 bits per heavy atom. The molecule has 0 heterocycles. The Kier molecular flexibility index (Phi) is 6.98. The van der Waals surface area contributed by atoms with Gasteiger partial charge in [-0.15, -0.1) is 6.58 Å². The van der Waals surface area contributed by atoms with Crippen LogP contribution in [0.2, 0.25) is 0 Å². The van der Waals surface area contributed by atoms with Crippen molar-refractivity contribution in [3.8, 4) is 0 Å². The molecule has 0 atom stereocenters. The molecule has 0 aliphatic heterocycles. The minimum atomic E-state index is -0.333. The lowest BCUT2D eigenvalue weighted by atomic mass is 10.0. The highest BCUT2D eigenvalue weighted by Crippen LogP contribution is 2.27. The van der Waals surface area contributed by atoms with Gasteiger partial charge in [-0.3, -0.25) is 0 Å². The third-order valence-electron chi connectivity index (χ3n) is 2.65. The maximum Gasteiger partial charge on any atom is 0.335 e. The van der Waals surface area contributed by atoms with Gasteiger partial charge in [-0.1, -0.05) is 48.0 Å². The van der Waals surface area contributed by atoms with E-state index in [-0.39, 0.29) is 5.97 Å². The van der Waals surface area contributed by atoms with E-state index in [2.05, 4.69) is 6.58 Å². The van der Waals surface area contributed by atoms with Gasteiger partial charge in [-0.05, 0) is 31.7 Å². The maximum atomic E-state index is 12.0. The zero-order valence-electron chi connectivity index (χ0n) is 11.2. The number of benzene rings is 1. The molecule has 0 radical (unpaired) electrons. The molecule has 0 unspecified atom stereocenters. The summed E-state index contributed by atoms with van der Waals surface area (Å²) in [6.07, 6.45) is 4.11. The molecule has 0 saturated heterocycles. The van der Waals surface area contributed by atoms with E-state index < -0.39 is 0 Å². The number of carbonyl (C=O) groups is 1. The van der Waals surface area contributed by atoms with Gasteiger partial charge in [0.1, 0.15) is 0 Å². The molecule has 0 aliphatic rings. The van der Waals surface area contributed by atoms with Crippen LogP contribution >= 0.6 is 11.6 Å². The first-order valence-electron chi connectivity index (χ1n) is 6.42. The van der Waals surface area contributed by atoms with Crippen molar-refractivity contribution in [3.63, 3.8) is 0 Å². The summed E-state index contributed by atoms with van der Waals surface area (Å²) >= 11 is 6.33. The number of rotatable bonds is 7. The number of carbonyl (C=O) groups excluding carboxylic acids is 1. The Balaban J connectivity index is 2.99. The first kappa shape index (κ1) is 15.5. The van der Waals surface area contributed by atoms with Crippen LogP contribution in [0.5, 0.6) is 0 Å². The first-order valence-corrected chi connectivity index (χ1v) is 6.80. The predicted octanol–water partition coefficient (Wildman–Crippen LogP) is 4.56. The third kappa shape index (κ3) is 4.92. The van der Waals surface area contributed by atoms with Crippen molar-refractivity contribution < 1.29 is 9.53 Å². The number of halogens is 1. The molecule has 0 bridgehead atoms. The molecule has 0 spiro atoms. The summed E-state index contributed by atoms with van der Waals surface area (Å²) in [7, 11) is 0. The molecule has 3 heteroatoms. The van der Waals surface area contributed by atoms with Gasteiger partial charge in [0.05, 0.1) is 17.2 Å². The Hall–Kier alpha value is -1.54. The van der Waals surface area contributed by atoms with Crippen LogP contribution in [-0.2, 0) is 9.53 Å². The molecule has 0 amide bonds. The first-order chi connectivity index (χ1) is 9.20. The van der Waals surface area contributed by atoms with Crippen LogP contribution in [0.25, 0.3) is 5.03 Å². The van der Waals surface area contributed by atoms with Crippen LogP contribution < -0.4 is 0 Å². The van der Waals surface area contributed by atoms with Gasteiger partial charge in [0, 0.05) is 0 Å². The summed E-state index contributed by atoms with van der Waals surface area (Å²) in [6.45, 7) is 5.81. The quantitative estimate of drug-likeness (QED) is 0.316. The zero-order chi connectivity index (χ0) is 14.1. The Morgan fingerprint density at radius 2 is 2.05 bits per heavy atom. The number of hydrogen-bond donors (Lipinski definition) is 0. The van der Waals surface area contributed by atoms with Crippen molar-refractivity contribution in [1.29, 1.82) is 0 Å². The Labute approximate surface area is 119 Å². The zero-order valence-corrected chi connectivity index (χ0v) is 12.0. The standard InChI is InChI=1S/C16H19ClO2/c1-3-5-7-12-14(16(18)19-4-2)15(17)13-10-8-6-9-11-13/h3,6,8-11H,1,4-5,7,12H2,2H3/b15-14-. The van der Waals surface area contributed by atoms with Gasteiger partial charge in [-0.25, -0.2) is 4.79 Å². The highest BCUT2D eigenvalue weighted by Gasteiger charge is 2.16. The van der Waals surface area contributed by atoms with Crippen molar-refractivity contribution >= 4 is 22.6 Å². The lowest BCUT2D eigenvalue weighted by Crippen LogP contribution is -2.09. The van der Waals surface area contributed by atoms with Crippen LogP contribution in [-0.4, -0.2) is 12.6 Å². The van der Waals surface area contributed by atoms with Gasteiger partial charge in [0.2, 0.25) is 0 Å². The maximum absolute atomic E-state index is 12.0. The summed E-state index contributed by atoms with van der Waals surface area (Å²) in [5.74, 6) is -0.333. The van der Waals surface area contributed by atoms with Gasteiger partial charge >= 0.3 is 5.97 Å². The normalized spacial score (nSPS) is 11.7. The monoisotopic (exact) mass is 278 g/mol. The summed E-state index contributed by atoms with van der Waals surface area (Å²) < 4.78 is 5.07. The molecule has 102 valence electrons. The van der Waals surface area contributed by atoms with E-state index in [1.54, 1.807) is 6.92 Å². The molecule has 0 aliphatic carbocycles.